The van der Waals surface area contributed by atoms with Gasteiger partial charge >= 0.3 is 12.1 Å². The molecule has 0 heterocycles. The normalized spacial score (nSPS) is 14.6. The van der Waals surface area contributed by atoms with Gasteiger partial charge in [-0.25, -0.2) is 9.59 Å². The number of likely N-dealkylation sites (N-methyl/N-ethyl adjacent to an activating group) is 2. The fourth-order valence-corrected chi connectivity index (χ4v) is 5.26. The molecule has 260 valence electrons. The van der Waals surface area contributed by atoms with Gasteiger partial charge < -0.3 is 30.2 Å². The molecule has 0 radical (unpaired) electrons. The molecule has 0 saturated carbocycles. The Kier molecular flexibility index (Phi) is 13.7. The smallest absolute Gasteiger partial charge is 0.410 e. The third-order valence-electron chi connectivity index (χ3n) is 7.87. The molecule has 11 nitrogen and oxygen atoms in total. The molecule has 0 aliphatic heterocycles. The molecule has 1 aromatic rings. The Morgan fingerprint density at radius 3 is 1.98 bits per heavy atom. The van der Waals surface area contributed by atoms with Gasteiger partial charge in [0.15, 0.2) is 0 Å². The second-order valence-corrected chi connectivity index (χ2v) is 14.7. The number of amides is 3. The largest absolute Gasteiger partial charge is 0.495 e. The van der Waals surface area contributed by atoms with E-state index in [4.69, 9.17) is 19.9 Å². The van der Waals surface area contributed by atoms with Crippen LogP contribution in [0.5, 0.6) is 5.75 Å². The molecule has 0 spiro atoms. The number of anilines is 1. The Morgan fingerprint density at radius 1 is 0.978 bits per heavy atom. The van der Waals surface area contributed by atoms with Gasteiger partial charge in [-0.1, -0.05) is 60.6 Å². The van der Waals surface area contributed by atoms with Crippen molar-refractivity contribution in [2.24, 2.45) is 11.3 Å². The molecule has 0 aromatic heterocycles. The number of rotatable bonds is 12. The van der Waals surface area contributed by atoms with Crippen molar-refractivity contribution >= 4 is 29.6 Å². The van der Waals surface area contributed by atoms with E-state index in [1.807, 2.05) is 48.5 Å². The highest BCUT2D eigenvalue weighted by Crippen LogP contribution is 2.35. The average molecular weight is 647 g/mol. The van der Waals surface area contributed by atoms with E-state index in [1.165, 1.54) is 19.1 Å². The first-order valence-electron chi connectivity index (χ1n) is 15.7. The van der Waals surface area contributed by atoms with Gasteiger partial charge in [0.2, 0.25) is 11.8 Å². The number of nitrogens with one attached hydrogen (secondary N) is 1. The van der Waals surface area contributed by atoms with Crippen LogP contribution < -0.4 is 15.8 Å². The van der Waals surface area contributed by atoms with E-state index in [9.17, 15) is 19.2 Å². The number of esters is 1. The zero-order valence-electron chi connectivity index (χ0n) is 30.7. The Bertz CT molecular complexity index is 1270. The zero-order valence-corrected chi connectivity index (χ0v) is 30.7. The SMILES string of the molecule is CCOC(=O)/C(C)=C/[C@H](C(C)C)N(C)C(=O)[C@@H](NC(=O)C(N(C)C(=O)OC(C)(C)C)C(C)(C)c1ccc(OC)c(N)c1)C(C)(C)C. The standard InChI is InChI=1S/C35H58N4O7/c1-16-45-31(42)22(4)19-25(21(2)3)38(13)30(41)27(33(5,6)7)37-29(40)28(39(14)32(43)46-34(8,9)10)35(11,12)23-17-18-26(44-15)24(36)20-23/h17-21,25,27-28H,16,36H2,1-15H3,(H,37,40)/b22-19+/t25-,27-,28?/m1/s1. The van der Waals surface area contributed by atoms with E-state index >= 15 is 0 Å². The second kappa shape index (κ2) is 15.7. The monoisotopic (exact) mass is 646 g/mol. The lowest BCUT2D eigenvalue weighted by Gasteiger charge is -2.42. The summed E-state index contributed by atoms with van der Waals surface area (Å²) in [5, 5.41) is 2.99. The number of carbonyl (C=O) groups is 4. The molecule has 11 heteroatoms. The van der Waals surface area contributed by atoms with E-state index in [0.29, 0.717) is 22.6 Å². The fourth-order valence-electron chi connectivity index (χ4n) is 5.26. The number of hydrogen-bond donors (Lipinski definition) is 2. The maximum absolute atomic E-state index is 14.4. The number of methoxy groups -OCH3 is 1. The minimum absolute atomic E-state index is 0.0554. The third-order valence-corrected chi connectivity index (χ3v) is 7.87. The van der Waals surface area contributed by atoms with Crippen LogP contribution >= 0.6 is 0 Å². The molecule has 1 aromatic carbocycles. The number of carbonyl (C=O) groups excluding carboxylic acids is 4. The summed E-state index contributed by atoms with van der Waals surface area (Å²) in [6.45, 7) is 22.0. The molecule has 1 rings (SSSR count). The molecule has 0 aliphatic rings. The van der Waals surface area contributed by atoms with E-state index in [-0.39, 0.29) is 18.4 Å². The summed E-state index contributed by atoms with van der Waals surface area (Å²) in [6.07, 6.45) is 1.02. The van der Waals surface area contributed by atoms with Crippen molar-refractivity contribution in [2.75, 3.05) is 33.5 Å². The molecule has 46 heavy (non-hydrogen) atoms. The molecule has 0 fully saturated rings. The lowest BCUT2D eigenvalue weighted by atomic mass is 9.75. The molecule has 0 aliphatic carbocycles. The van der Waals surface area contributed by atoms with E-state index in [0.717, 1.165) is 0 Å². The lowest BCUT2D eigenvalue weighted by Crippen LogP contribution is -2.63. The van der Waals surface area contributed by atoms with Crippen molar-refractivity contribution < 1.29 is 33.4 Å². The minimum atomic E-state index is -1.12. The van der Waals surface area contributed by atoms with Gasteiger partial charge in [-0.05, 0) is 63.6 Å². The first-order valence-corrected chi connectivity index (χ1v) is 15.7. The number of nitrogens with zero attached hydrogens (tertiary/aromatic N) is 2. The van der Waals surface area contributed by atoms with E-state index in [2.05, 4.69) is 5.32 Å². The van der Waals surface area contributed by atoms with Gasteiger partial charge in [-0.2, -0.15) is 0 Å². The number of benzene rings is 1. The van der Waals surface area contributed by atoms with Crippen molar-refractivity contribution in [2.45, 2.75) is 112 Å². The Hall–Kier alpha value is -3.76. The van der Waals surface area contributed by atoms with Crippen molar-refractivity contribution in [3.8, 4) is 5.75 Å². The summed E-state index contributed by atoms with van der Waals surface area (Å²) in [4.78, 5) is 57.3. The van der Waals surface area contributed by atoms with Crippen molar-refractivity contribution in [1.82, 2.24) is 15.1 Å². The molecular formula is C35H58N4O7. The number of nitrogen functional groups attached to an aromatic ring is 1. The van der Waals surface area contributed by atoms with Crippen molar-refractivity contribution in [3.63, 3.8) is 0 Å². The maximum atomic E-state index is 14.4. The quantitative estimate of drug-likeness (QED) is 0.177. The summed E-state index contributed by atoms with van der Waals surface area (Å²) in [6, 6.07) is 2.65. The van der Waals surface area contributed by atoms with Crippen LogP contribution in [0, 0.1) is 11.3 Å². The number of nitrogens with two attached hydrogens (primary N) is 1. The van der Waals surface area contributed by atoms with Crippen LogP contribution in [0.1, 0.15) is 88.6 Å². The summed E-state index contributed by atoms with van der Waals surface area (Å²) in [5.74, 6) is -0.926. The van der Waals surface area contributed by atoms with E-state index in [1.54, 1.807) is 70.8 Å². The van der Waals surface area contributed by atoms with Crippen LogP contribution in [0.3, 0.4) is 0 Å². The first-order chi connectivity index (χ1) is 20.9. The van der Waals surface area contributed by atoms with Crippen LogP contribution in [0.15, 0.2) is 29.8 Å². The predicted octanol–water partition coefficient (Wildman–Crippen LogP) is 5.31. The van der Waals surface area contributed by atoms with Crippen LogP contribution in [-0.4, -0.2) is 85.2 Å². The highest BCUT2D eigenvalue weighted by Gasteiger charge is 2.46. The summed E-state index contributed by atoms with van der Waals surface area (Å²) < 4.78 is 16.1. The molecule has 1 unspecified atom stereocenters. The molecule has 3 N–H and O–H groups in total. The first kappa shape index (κ1) is 40.3. The molecule has 0 bridgehead atoms. The average Bonchev–Trinajstić information content (AvgIpc) is 2.91. The molecule has 3 atom stereocenters. The van der Waals surface area contributed by atoms with Crippen molar-refractivity contribution in [1.29, 1.82) is 0 Å². The van der Waals surface area contributed by atoms with E-state index < -0.39 is 52.5 Å². The van der Waals surface area contributed by atoms with Gasteiger partial charge in [0.25, 0.3) is 0 Å². The third kappa shape index (κ3) is 10.4. The fraction of sp³-hybridized carbons (Fsp3) is 0.657. The summed E-state index contributed by atoms with van der Waals surface area (Å²) in [5.41, 5.74) is 5.14. The van der Waals surface area contributed by atoms with Gasteiger partial charge in [0.1, 0.15) is 23.4 Å². The number of hydrogen-bond acceptors (Lipinski definition) is 8. The molecule has 3 amide bonds. The van der Waals surface area contributed by atoms with Crippen molar-refractivity contribution in [3.05, 3.63) is 35.4 Å². The minimum Gasteiger partial charge on any atom is -0.495 e. The van der Waals surface area contributed by atoms with Crippen LogP contribution in [0.25, 0.3) is 0 Å². The maximum Gasteiger partial charge on any atom is 0.410 e. The molecule has 0 saturated heterocycles. The van der Waals surface area contributed by atoms with Gasteiger partial charge in [-0.3, -0.25) is 14.5 Å². The van der Waals surface area contributed by atoms with Crippen LogP contribution in [0.4, 0.5) is 10.5 Å². The van der Waals surface area contributed by atoms with Gasteiger partial charge in [0, 0.05) is 25.1 Å². The van der Waals surface area contributed by atoms with Crippen LogP contribution in [0.2, 0.25) is 0 Å². The Labute approximate surface area is 276 Å². The number of ether oxygens (including phenoxy) is 3. The Balaban J connectivity index is 3.69. The predicted molar refractivity (Wildman–Crippen MR) is 181 cm³/mol. The van der Waals surface area contributed by atoms with Gasteiger partial charge in [0.05, 0.1) is 25.4 Å². The van der Waals surface area contributed by atoms with Gasteiger partial charge in [-0.15, -0.1) is 0 Å². The highest BCUT2D eigenvalue weighted by atomic mass is 16.6. The zero-order chi connectivity index (χ0) is 35.9. The Morgan fingerprint density at radius 2 is 1.54 bits per heavy atom. The highest BCUT2D eigenvalue weighted by molar-refractivity contribution is 5.93. The molecular weight excluding hydrogens is 588 g/mol. The topological polar surface area (TPSA) is 141 Å². The summed E-state index contributed by atoms with van der Waals surface area (Å²) in [7, 11) is 4.67. The van der Waals surface area contributed by atoms with Crippen LogP contribution in [-0.2, 0) is 29.3 Å². The second-order valence-electron chi connectivity index (χ2n) is 14.7. The summed E-state index contributed by atoms with van der Waals surface area (Å²) >= 11 is 0. The lowest BCUT2D eigenvalue weighted by molar-refractivity contribution is -0.142.